The molecule has 3 aromatic rings. The fourth-order valence-corrected chi connectivity index (χ4v) is 4.42. The molecule has 0 radical (unpaired) electrons. The van der Waals surface area contributed by atoms with Gasteiger partial charge in [-0.2, -0.15) is 0 Å². The van der Waals surface area contributed by atoms with Gasteiger partial charge in [-0.15, -0.1) is 0 Å². The van der Waals surface area contributed by atoms with E-state index in [0.29, 0.717) is 11.3 Å². The molecule has 1 amide bonds. The van der Waals surface area contributed by atoms with Gasteiger partial charge in [0.1, 0.15) is 17.3 Å². The van der Waals surface area contributed by atoms with Crippen LogP contribution in [0, 0.1) is 5.82 Å². The summed E-state index contributed by atoms with van der Waals surface area (Å²) >= 11 is 18.5. The van der Waals surface area contributed by atoms with Crippen molar-refractivity contribution in [3.8, 4) is 5.75 Å². The van der Waals surface area contributed by atoms with Crippen molar-refractivity contribution in [2.45, 2.75) is 6.04 Å². The van der Waals surface area contributed by atoms with E-state index in [4.69, 9.17) is 39.5 Å². The fraction of sp³-hybridized carbons (Fsp3) is 0.0833. The molecule has 1 unspecified atom stereocenters. The SMILES string of the molecule is COc1ccc(Cl)c(/C(O)=C2\C(=O)C(=O)N(c3cc(Cl)cc(Cl)c3)C2c2ccc(F)cc2)c1. The van der Waals surface area contributed by atoms with E-state index < -0.39 is 29.3 Å². The molecule has 0 saturated carbocycles. The molecule has 9 heteroatoms. The number of anilines is 1. The van der Waals surface area contributed by atoms with Crippen LogP contribution < -0.4 is 9.64 Å². The first kappa shape index (κ1) is 23.1. The van der Waals surface area contributed by atoms with Gasteiger partial charge in [-0.3, -0.25) is 14.5 Å². The zero-order chi connectivity index (χ0) is 23.9. The normalized spacial score (nSPS) is 17.5. The third-order valence-electron chi connectivity index (χ3n) is 5.18. The van der Waals surface area contributed by atoms with E-state index in [0.717, 1.165) is 4.90 Å². The molecule has 1 heterocycles. The molecule has 0 aliphatic carbocycles. The molecule has 168 valence electrons. The summed E-state index contributed by atoms with van der Waals surface area (Å²) in [4.78, 5) is 27.5. The average Bonchev–Trinajstić information content (AvgIpc) is 3.04. The highest BCUT2D eigenvalue weighted by molar-refractivity contribution is 6.52. The standard InChI is InChI=1S/C24H15Cl3FNO4/c1-33-17-6-7-19(27)18(11-17)22(30)20-21(12-2-4-15(28)5-3-12)29(24(32)23(20)31)16-9-13(25)8-14(26)10-16/h2-11,21,30H,1H3/b22-20+. The number of hydrogen-bond acceptors (Lipinski definition) is 4. The smallest absolute Gasteiger partial charge is 0.300 e. The van der Waals surface area contributed by atoms with E-state index in [-0.39, 0.29) is 31.9 Å². The zero-order valence-electron chi connectivity index (χ0n) is 17.0. The number of carbonyl (C=O) groups is 2. The van der Waals surface area contributed by atoms with Crippen LogP contribution in [0.2, 0.25) is 15.1 Å². The minimum absolute atomic E-state index is 0.102. The number of aliphatic hydroxyl groups excluding tert-OH is 1. The predicted molar refractivity (Wildman–Crippen MR) is 126 cm³/mol. The number of nitrogens with zero attached hydrogens (tertiary/aromatic N) is 1. The summed E-state index contributed by atoms with van der Waals surface area (Å²) < 4.78 is 18.8. The van der Waals surface area contributed by atoms with Crippen molar-refractivity contribution in [1.82, 2.24) is 0 Å². The van der Waals surface area contributed by atoms with Gasteiger partial charge < -0.3 is 9.84 Å². The Morgan fingerprint density at radius 3 is 2.21 bits per heavy atom. The lowest BCUT2D eigenvalue weighted by molar-refractivity contribution is -0.132. The number of ketones is 1. The predicted octanol–water partition coefficient (Wildman–Crippen LogP) is 6.42. The summed E-state index contributed by atoms with van der Waals surface area (Å²) in [5, 5.41) is 11.8. The molecule has 3 aromatic carbocycles. The molecule has 0 spiro atoms. The number of halogens is 4. The number of ether oxygens (including phenoxy) is 1. The Morgan fingerprint density at radius 1 is 0.970 bits per heavy atom. The van der Waals surface area contributed by atoms with Gasteiger partial charge in [-0.1, -0.05) is 46.9 Å². The number of aliphatic hydroxyl groups is 1. The van der Waals surface area contributed by atoms with E-state index in [1.807, 2.05) is 0 Å². The topological polar surface area (TPSA) is 66.8 Å². The van der Waals surface area contributed by atoms with Gasteiger partial charge in [0.2, 0.25) is 0 Å². The lowest BCUT2D eigenvalue weighted by atomic mass is 9.95. The molecule has 1 aliphatic heterocycles. The Kier molecular flexibility index (Phi) is 6.34. The quantitative estimate of drug-likeness (QED) is 0.252. The van der Waals surface area contributed by atoms with Crippen LogP contribution in [0.15, 0.2) is 66.2 Å². The minimum Gasteiger partial charge on any atom is -0.507 e. The van der Waals surface area contributed by atoms with Gasteiger partial charge in [0, 0.05) is 21.3 Å². The van der Waals surface area contributed by atoms with Crippen LogP contribution in [-0.4, -0.2) is 23.9 Å². The Hall–Kier alpha value is -3.06. The first-order valence-corrected chi connectivity index (χ1v) is 10.7. The number of hydrogen-bond donors (Lipinski definition) is 1. The molecule has 1 saturated heterocycles. The van der Waals surface area contributed by atoms with Gasteiger partial charge in [0.25, 0.3) is 11.7 Å². The highest BCUT2D eigenvalue weighted by Gasteiger charge is 2.47. The maximum atomic E-state index is 13.6. The number of carbonyl (C=O) groups excluding carboxylic acids is 2. The number of amides is 1. The van der Waals surface area contributed by atoms with Gasteiger partial charge in [0.05, 0.1) is 23.7 Å². The largest absolute Gasteiger partial charge is 0.507 e. The molecule has 0 aromatic heterocycles. The number of benzene rings is 3. The summed E-state index contributed by atoms with van der Waals surface area (Å²) in [7, 11) is 1.44. The van der Waals surface area contributed by atoms with Crippen molar-refractivity contribution in [2.75, 3.05) is 12.0 Å². The molecule has 1 aliphatic rings. The molecule has 0 bridgehead atoms. The Morgan fingerprint density at radius 2 is 1.61 bits per heavy atom. The number of rotatable bonds is 4. The fourth-order valence-electron chi connectivity index (χ4n) is 3.70. The Bertz CT molecular complexity index is 1290. The molecule has 4 rings (SSSR count). The summed E-state index contributed by atoms with van der Waals surface area (Å²) in [6.07, 6.45) is 0. The summed E-state index contributed by atoms with van der Waals surface area (Å²) in [6, 6.07) is 13.1. The van der Waals surface area contributed by atoms with Gasteiger partial charge in [-0.25, -0.2) is 4.39 Å². The van der Waals surface area contributed by atoms with Crippen molar-refractivity contribution in [2.24, 2.45) is 0 Å². The lowest BCUT2D eigenvalue weighted by Gasteiger charge is -2.26. The summed E-state index contributed by atoms with van der Waals surface area (Å²) in [5.74, 6) is -2.48. The Labute approximate surface area is 203 Å². The second-order valence-corrected chi connectivity index (χ2v) is 8.47. The van der Waals surface area contributed by atoms with Crippen molar-refractivity contribution in [3.63, 3.8) is 0 Å². The zero-order valence-corrected chi connectivity index (χ0v) is 19.2. The maximum Gasteiger partial charge on any atom is 0.300 e. The van der Waals surface area contributed by atoms with Crippen molar-refractivity contribution in [1.29, 1.82) is 0 Å². The number of Topliss-reactive ketones (excluding diaryl/α,β-unsaturated/α-hetero) is 1. The molecule has 1 fully saturated rings. The van der Waals surface area contributed by atoms with E-state index in [1.54, 1.807) is 6.07 Å². The van der Waals surface area contributed by atoms with Crippen LogP contribution in [-0.2, 0) is 9.59 Å². The molecule has 33 heavy (non-hydrogen) atoms. The van der Waals surface area contributed by atoms with E-state index in [1.165, 1.54) is 61.7 Å². The first-order valence-electron chi connectivity index (χ1n) is 9.57. The monoisotopic (exact) mass is 505 g/mol. The summed E-state index contributed by atoms with van der Waals surface area (Å²) in [5.41, 5.74) is 0.495. The second kappa shape index (κ2) is 9.06. The van der Waals surface area contributed by atoms with E-state index in [2.05, 4.69) is 0 Å². The van der Waals surface area contributed by atoms with E-state index in [9.17, 15) is 19.1 Å². The van der Waals surface area contributed by atoms with Crippen molar-refractivity contribution in [3.05, 3.63) is 98.2 Å². The highest BCUT2D eigenvalue weighted by Crippen LogP contribution is 2.44. The second-order valence-electron chi connectivity index (χ2n) is 7.19. The maximum absolute atomic E-state index is 13.6. The van der Waals surface area contributed by atoms with Crippen molar-refractivity contribution < 1.29 is 23.8 Å². The third-order valence-corrected chi connectivity index (χ3v) is 5.95. The van der Waals surface area contributed by atoms with Gasteiger partial charge in [0.15, 0.2) is 0 Å². The highest BCUT2D eigenvalue weighted by atomic mass is 35.5. The molecule has 1 N–H and O–H groups in total. The first-order chi connectivity index (χ1) is 15.7. The van der Waals surface area contributed by atoms with Crippen LogP contribution >= 0.6 is 34.8 Å². The minimum atomic E-state index is -1.09. The van der Waals surface area contributed by atoms with Gasteiger partial charge in [-0.05, 0) is 54.1 Å². The van der Waals surface area contributed by atoms with Crippen LogP contribution in [0.4, 0.5) is 10.1 Å². The van der Waals surface area contributed by atoms with Crippen molar-refractivity contribution >= 4 is 57.9 Å². The van der Waals surface area contributed by atoms with Gasteiger partial charge >= 0.3 is 0 Å². The lowest BCUT2D eigenvalue weighted by Crippen LogP contribution is -2.29. The van der Waals surface area contributed by atoms with Crippen LogP contribution in [0.1, 0.15) is 17.2 Å². The number of methoxy groups -OCH3 is 1. The third kappa shape index (κ3) is 4.29. The Balaban J connectivity index is 1.99. The van der Waals surface area contributed by atoms with E-state index >= 15 is 0 Å². The molecule has 1 atom stereocenters. The average molecular weight is 507 g/mol. The van der Waals surface area contributed by atoms with Crippen LogP contribution in [0.5, 0.6) is 5.75 Å². The molecular weight excluding hydrogens is 492 g/mol. The van der Waals surface area contributed by atoms with Crippen LogP contribution in [0.3, 0.4) is 0 Å². The molecular formula is C24H15Cl3FNO4. The van der Waals surface area contributed by atoms with Crippen LogP contribution in [0.25, 0.3) is 5.76 Å². The summed E-state index contributed by atoms with van der Waals surface area (Å²) in [6.45, 7) is 0. The molecule has 5 nitrogen and oxygen atoms in total.